The Kier molecular flexibility index (Phi) is 14.7. The molecule has 1 unspecified atom stereocenters. The maximum absolute atomic E-state index is 8.75. The van der Waals surface area contributed by atoms with Crippen molar-refractivity contribution < 1.29 is 30.6 Å². The molecule has 0 aromatic heterocycles. The summed E-state index contributed by atoms with van der Waals surface area (Å²) in [5.41, 5.74) is -0.667. The first kappa shape index (κ1) is 20.1. The van der Waals surface area contributed by atoms with Gasteiger partial charge in [0.2, 0.25) is 0 Å². The van der Waals surface area contributed by atoms with Gasteiger partial charge >= 0.3 is 0 Å². The number of aliphatic hydroxyl groups excluding tert-OH is 6. The highest BCUT2D eigenvalue weighted by molar-refractivity contribution is 4.74. The highest BCUT2D eigenvalue weighted by Gasteiger charge is 2.24. The Balaban J connectivity index is 0. The molecule has 0 bridgehead atoms. The largest absolute Gasteiger partial charge is 0.396 e. The van der Waals surface area contributed by atoms with Crippen LogP contribution in [-0.2, 0) is 0 Å². The molecule has 0 aromatic carbocycles. The fraction of sp³-hybridized carbons (Fsp3) is 1.00. The van der Waals surface area contributed by atoms with Crippen molar-refractivity contribution in [3.8, 4) is 0 Å². The molecule has 0 aromatic rings. The Morgan fingerprint density at radius 3 is 1.61 bits per heavy atom. The summed E-state index contributed by atoms with van der Waals surface area (Å²) in [7, 11) is 0. The molecule has 0 amide bonds. The van der Waals surface area contributed by atoms with Crippen LogP contribution in [-0.4, -0.2) is 69.8 Å². The lowest BCUT2D eigenvalue weighted by atomic mass is 9.88. The molecule has 6 nitrogen and oxygen atoms in total. The molecule has 0 aliphatic heterocycles. The zero-order chi connectivity index (χ0) is 14.4. The fourth-order valence-electron chi connectivity index (χ4n) is 1.07. The van der Waals surface area contributed by atoms with Gasteiger partial charge in [0.15, 0.2) is 0 Å². The molecule has 0 heterocycles. The highest BCUT2D eigenvalue weighted by atomic mass is 16.3. The summed E-state index contributed by atoms with van der Waals surface area (Å²) in [6.45, 7) is 1.34. The van der Waals surface area contributed by atoms with Crippen LogP contribution in [0.1, 0.15) is 32.6 Å². The zero-order valence-electron chi connectivity index (χ0n) is 11.1. The van der Waals surface area contributed by atoms with Gasteiger partial charge in [-0.05, 0) is 25.7 Å². The van der Waals surface area contributed by atoms with E-state index in [1.54, 1.807) is 0 Å². The van der Waals surface area contributed by atoms with Crippen molar-refractivity contribution in [3.05, 3.63) is 0 Å². The summed E-state index contributed by atoms with van der Waals surface area (Å²) in [5, 5.41) is 51.4. The van der Waals surface area contributed by atoms with Gasteiger partial charge in [0.25, 0.3) is 0 Å². The van der Waals surface area contributed by atoms with Crippen LogP contribution in [0, 0.1) is 5.41 Å². The Hall–Kier alpha value is -0.240. The smallest absolute Gasteiger partial charge is 0.0771 e. The van der Waals surface area contributed by atoms with Crippen LogP contribution >= 0.6 is 0 Å². The quantitative estimate of drug-likeness (QED) is 0.294. The third-order valence-corrected chi connectivity index (χ3v) is 2.91. The number of hydrogen-bond acceptors (Lipinski definition) is 6. The molecule has 18 heavy (non-hydrogen) atoms. The maximum atomic E-state index is 8.75. The predicted octanol–water partition coefficient (Wildman–Crippen LogP) is -1.14. The van der Waals surface area contributed by atoms with E-state index in [4.69, 9.17) is 30.6 Å². The van der Waals surface area contributed by atoms with Crippen molar-refractivity contribution in [2.75, 3.05) is 33.0 Å². The van der Waals surface area contributed by atoms with E-state index < -0.39 is 11.5 Å². The first-order chi connectivity index (χ1) is 8.55. The van der Waals surface area contributed by atoms with Crippen LogP contribution in [0.4, 0.5) is 0 Å². The summed E-state index contributed by atoms with van der Waals surface area (Å²) in [4.78, 5) is 0. The Bertz CT molecular complexity index is 143. The van der Waals surface area contributed by atoms with Gasteiger partial charge in [-0.2, -0.15) is 0 Å². The summed E-state index contributed by atoms with van der Waals surface area (Å²) in [6, 6.07) is 0. The van der Waals surface area contributed by atoms with E-state index in [2.05, 4.69) is 0 Å². The van der Waals surface area contributed by atoms with Crippen molar-refractivity contribution in [1.29, 1.82) is 0 Å². The second-order valence-corrected chi connectivity index (χ2v) is 4.38. The standard InChI is InChI=1S/2C6H14O3/c1-2-6(3-7,4-8)5-9;7-4-2-1-3-6(9)5-8/h7-9H,2-5H2,1H3;6-9H,1-5H2. The third kappa shape index (κ3) is 9.76. The average molecular weight is 268 g/mol. The number of hydrogen-bond donors (Lipinski definition) is 6. The van der Waals surface area contributed by atoms with E-state index in [0.717, 1.165) is 6.42 Å². The monoisotopic (exact) mass is 268 g/mol. The normalized spacial score (nSPS) is 12.8. The SMILES string of the molecule is CCC(CO)(CO)CO.OCCCCC(O)CO. The molecule has 1 atom stereocenters. The topological polar surface area (TPSA) is 121 Å². The lowest BCUT2D eigenvalue weighted by molar-refractivity contribution is 0.00304. The van der Waals surface area contributed by atoms with Gasteiger partial charge in [-0.15, -0.1) is 0 Å². The van der Waals surface area contributed by atoms with Crippen molar-refractivity contribution >= 4 is 0 Å². The van der Waals surface area contributed by atoms with Crippen LogP contribution in [0.2, 0.25) is 0 Å². The zero-order valence-corrected chi connectivity index (χ0v) is 11.1. The number of unbranched alkanes of at least 4 members (excludes halogenated alkanes) is 1. The van der Waals surface area contributed by atoms with Crippen molar-refractivity contribution in [2.24, 2.45) is 5.41 Å². The number of aliphatic hydroxyl groups is 6. The van der Waals surface area contributed by atoms with Gasteiger partial charge < -0.3 is 30.6 Å². The van der Waals surface area contributed by atoms with Crippen molar-refractivity contribution in [2.45, 2.75) is 38.7 Å². The van der Waals surface area contributed by atoms with Crippen LogP contribution in [0.25, 0.3) is 0 Å². The van der Waals surface area contributed by atoms with Crippen LogP contribution in [0.15, 0.2) is 0 Å². The molecular weight excluding hydrogens is 240 g/mol. The van der Waals surface area contributed by atoms with E-state index in [1.807, 2.05) is 6.92 Å². The van der Waals surface area contributed by atoms with Crippen molar-refractivity contribution in [1.82, 2.24) is 0 Å². The molecular formula is C12H28O6. The minimum Gasteiger partial charge on any atom is -0.396 e. The van der Waals surface area contributed by atoms with Gasteiger partial charge in [-0.25, -0.2) is 0 Å². The second-order valence-electron chi connectivity index (χ2n) is 4.38. The average Bonchev–Trinajstić information content (AvgIpc) is 2.43. The summed E-state index contributed by atoms with van der Waals surface area (Å²) < 4.78 is 0. The lowest BCUT2D eigenvalue weighted by Crippen LogP contribution is -2.32. The van der Waals surface area contributed by atoms with E-state index in [1.165, 1.54) is 0 Å². The van der Waals surface area contributed by atoms with E-state index >= 15 is 0 Å². The van der Waals surface area contributed by atoms with Gasteiger partial charge in [0, 0.05) is 12.0 Å². The van der Waals surface area contributed by atoms with Gasteiger partial charge in [0.1, 0.15) is 0 Å². The molecule has 6 N–H and O–H groups in total. The Morgan fingerprint density at radius 1 is 0.889 bits per heavy atom. The van der Waals surface area contributed by atoms with Crippen LogP contribution in [0.3, 0.4) is 0 Å². The Labute approximate surface area is 109 Å². The first-order valence-corrected chi connectivity index (χ1v) is 6.28. The molecule has 0 radical (unpaired) electrons. The molecule has 112 valence electrons. The molecule has 0 rings (SSSR count). The maximum Gasteiger partial charge on any atom is 0.0771 e. The molecule has 0 saturated heterocycles. The Morgan fingerprint density at radius 2 is 1.39 bits per heavy atom. The molecule has 0 aliphatic rings. The van der Waals surface area contributed by atoms with E-state index in [-0.39, 0.29) is 33.0 Å². The van der Waals surface area contributed by atoms with Gasteiger partial charge in [-0.3, -0.25) is 0 Å². The van der Waals surface area contributed by atoms with Crippen LogP contribution < -0.4 is 0 Å². The minimum absolute atomic E-state index is 0.156. The molecule has 0 aliphatic carbocycles. The second kappa shape index (κ2) is 13.2. The highest BCUT2D eigenvalue weighted by Crippen LogP contribution is 2.18. The van der Waals surface area contributed by atoms with Crippen molar-refractivity contribution in [3.63, 3.8) is 0 Å². The van der Waals surface area contributed by atoms with Gasteiger partial charge in [-0.1, -0.05) is 6.92 Å². The summed E-state index contributed by atoms with van der Waals surface area (Å²) in [5.74, 6) is 0. The molecule has 0 fully saturated rings. The summed E-state index contributed by atoms with van der Waals surface area (Å²) >= 11 is 0. The fourth-order valence-corrected chi connectivity index (χ4v) is 1.07. The molecule has 0 spiro atoms. The molecule has 6 heteroatoms. The minimum atomic E-state index is -0.667. The predicted molar refractivity (Wildman–Crippen MR) is 68.0 cm³/mol. The third-order valence-electron chi connectivity index (χ3n) is 2.91. The number of rotatable bonds is 9. The van der Waals surface area contributed by atoms with Gasteiger partial charge in [0.05, 0.1) is 32.5 Å². The summed E-state index contributed by atoms with van der Waals surface area (Å²) in [6.07, 6.45) is 2.06. The van der Waals surface area contributed by atoms with E-state index in [0.29, 0.717) is 19.3 Å². The van der Waals surface area contributed by atoms with Crippen LogP contribution in [0.5, 0.6) is 0 Å². The van der Waals surface area contributed by atoms with E-state index in [9.17, 15) is 0 Å². The lowest BCUT2D eigenvalue weighted by Gasteiger charge is -2.24. The first-order valence-electron chi connectivity index (χ1n) is 6.28. The molecule has 0 saturated carbocycles.